The molecule has 1 nitrogen and oxygen atoms in total. The van der Waals surface area contributed by atoms with E-state index in [0.29, 0.717) is 0 Å². The van der Waals surface area contributed by atoms with Gasteiger partial charge in [-0.05, 0) is 11.4 Å². The summed E-state index contributed by atoms with van der Waals surface area (Å²) in [6, 6.07) is 3.74. The third kappa shape index (κ3) is 2.06. The van der Waals surface area contributed by atoms with Crippen LogP contribution in [-0.2, 0) is 0 Å². The van der Waals surface area contributed by atoms with Crippen LogP contribution in [0.15, 0.2) is 30.2 Å². The summed E-state index contributed by atoms with van der Waals surface area (Å²) < 4.78 is 0. The van der Waals surface area contributed by atoms with Gasteiger partial charge in [-0.25, -0.2) is 0 Å². The van der Waals surface area contributed by atoms with Gasteiger partial charge in [-0.2, -0.15) is 0 Å². The molecule has 3 heteroatoms. The normalized spacial score (nSPS) is 15.8. The SMILES string of the molecule is C=C[C@@H](Cl)[C@@H](O)c1cccs1. The molecule has 1 aromatic heterocycles. The second kappa shape index (κ2) is 3.90. The molecule has 0 aromatic carbocycles. The van der Waals surface area contributed by atoms with E-state index in [1.54, 1.807) is 0 Å². The van der Waals surface area contributed by atoms with Crippen molar-refractivity contribution in [2.75, 3.05) is 0 Å². The van der Waals surface area contributed by atoms with Crippen molar-refractivity contribution in [1.82, 2.24) is 0 Å². The molecule has 0 bridgehead atoms. The fourth-order valence-corrected chi connectivity index (χ4v) is 1.71. The van der Waals surface area contributed by atoms with E-state index in [4.69, 9.17) is 11.6 Å². The van der Waals surface area contributed by atoms with E-state index < -0.39 is 11.5 Å². The Morgan fingerprint density at radius 2 is 2.45 bits per heavy atom. The van der Waals surface area contributed by atoms with Crippen LogP contribution in [0.25, 0.3) is 0 Å². The number of hydrogen-bond donors (Lipinski definition) is 1. The third-order valence-electron chi connectivity index (χ3n) is 1.36. The summed E-state index contributed by atoms with van der Waals surface area (Å²) in [5.74, 6) is 0. The Kier molecular flexibility index (Phi) is 3.12. The molecule has 0 aliphatic heterocycles. The summed E-state index contributed by atoms with van der Waals surface area (Å²) in [5.41, 5.74) is 0. The molecule has 0 amide bonds. The van der Waals surface area contributed by atoms with E-state index in [-0.39, 0.29) is 0 Å². The van der Waals surface area contributed by atoms with Crippen molar-refractivity contribution in [2.45, 2.75) is 11.5 Å². The lowest BCUT2D eigenvalue weighted by Gasteiger charge is -2.10. The summed E-state index contributed by atoms with van der Waals surface area (Å²) in [6.07, 6.45) is 0.917. The Hall–Kier alpha value is -0.310. The second-order valence-electron chi connectivity index (χ2n) is 2.14. The van der Waals surface area contributed by atoms with E-state index in [1.807, 2.05) is 17.5 Å². The zero-order valence-electron chi connectivity index (χ0n) is 5.90. The Labute approximate surface area is 74.9 Å². The van der Waals surface area contributed by atoms with Crippen LogP contribution in [0.2, 0.25) is 0 Å². The molecule has 2 atom stereocenters. The zero-order valence-corrected chi connectivity index (χ0v) is 7.48. The van der Waals surface area contributed by atoms with Crippen LogP contribution in [0.4, 0.5) is 0 Å². The van der Waals surface area contributed by atoms with Gasteiger partial charge in [-0.1, -0.05) is 12.1 Å². The summed E-state index contributed by atoms with van der Waals surface area (Å²) in [7, 11) is 0. The lowest BCUT2D eigenvalue weighted by Crippen LogP contribution is -2.07. The van der Waals surface area contributed by atoms with Gasteiger partial charge in [0.1, 0.15) is 6.10 Å². The number of aliphatic hydroxyl groups is 1. The topological polar surface area (TPSA) is 20.2 Å². The molecule has 1 heterocycles. The molecule has 60 valence electrons. The van der Waals surface area contributed by atoms with Gasteiger partial charge in [0, 0.05) is 4.88 Å². The molecule has 0 spiro atoms. The first-order chi connectivity index (χ1) is 5.25. The minimum Gasteiger partial charge on any atom is -0.386 e. The molecule has 1 aromatic rings. The smallest absolute Gasteiger partial charge is 0.108 e. The molecular weight excluding hydrogens is 180 g/mol. The molecule has 0 saturated heterocycles. The van der Waals surface area contributed by atoms with Gasteiger partial charge < -0.3 is 5.11 Å². The van der Waals surface area contributed by atoms with Crippen LogP contribution in [0.5, 0.6) is 0 Å². The lowest BCUT2D eigenvalue weighted by atomic mass is 10.2. The molecule has 1 rings (SSSR count). The predicted octanol–water partition coefficient (Wildman–Crippen LogP) is 2.57. The van der Waals surface area contributed by atoms with Crippen LogP contribution >= 0.6 is 22.9 Å². The Morgan fingerprint density at radius 3 is 2.91 bits per heavy atom. The van der Waals surface area contributed by atoms with Crippen molar-refractivity contribution >= 4 is 22.9 Å². The number of rotatable bonds is 3. The predicted molar refractivity (Wildman–Crippen MR) is 49.1 cm³/mol. The van der Waals surface area contributed by atoms with Crippen LogP contribution < -0.4 is 0 Å². The molecule has 1 N–H and O–H groups in total. The van der Waals surface area contributed by atoms with Crippen molar-refractivity contribution in [2.24, 2.45) is 0 Å². The van der Waals surface area contributed by atoms with Crippen molar-refractivity contribution in [3.63, 3.8) is 0 Å². The minimum atomic E-state index is -0.617. The van der Waals surface area contributed by atoms with E-state index in [0.717, 1.165) is 4.88 Å². The van der Waals surface area contributed by atoms with Gasteiger partial charge in [-0.15, -0.1) is 29.5 Å². The van der Waals surface area contributed by atoms with E-state index in [9.17, 15) is 5.11 Å². The van der Waals surface area contributed by atoms with Crippen LogP contribution in [0.1, 0.15) is 11.0 Å². The molecule has 0 aliphatic rings. The first-order valence-electron chi connectivity index (χ1n) is 3.24. The van der Waals surface area contributed by atoms with Crippen molar-refractivity contribution in [3.8, 4) is 0 Å². The number of aliphatic hydroxyl groups excluding tert-OH is 1. The van der Waals surface area contributed by atoms with Gasteiger partial charge in [0.05, 0.1) is 5.38 Å². The van der Waals surface area contributed by atoms with Gasteiger partial charge >= 0.3 is 0 Å². The summed E-state index contributed by atoms with van der Waals surface area (Å²) >= 11 is 7.24. The Balaban J connectivity index is 2.69. The lowest BCUT2D eigenvalue weighted by molar-refractivity contribution is 0.188. The van der Waals surface area contributed by atoms with E-state index in [2.05, 4.69) is 6.58 Å². The Bertz CT molecular complexity index is 220. The highest BCUT2D eigenvalue weighted by Crippen LogP contribution is 2.25. The highest BCUT2D eigenvalue weighted by molar-refractivity contribution is 7.10. The summed E-state index contributed by atoms with van der Waals surface area (Å²) in [4.78, 5) is 0.880. The molecule has 11 heavy (non-hydrogen) atoms. The quantitative estimate of drug-likeness (QED) is 0.571. The largest absolute Gasteiger partial charge is 0.386 e. The molecule has 0 fully saturated rings. The van der Waals surface area contributed by atoms with Crippen LogP contribution in [-0.4, -0.2) is 10.5 Å². The first kappa shape index (κ1) is 8.78. The average Bonchev–Trinajstić information content (AvgIpc) is 2.53. The maximum atomic E-state index is 9.49. The number of alkyl halides is 1. The van der Waals surface area contributed by atoms with E-state index in [1.165, 1.54) is 17.4 Å². The standard InChI is InChI=1S/C8H9ClOS/c1-2-6(9)8(10)7-4-3-5-11-7/h2-6,8,10H,1H2/t6-,8-/m1/s1. The first-order valence-corrected chi connectivity index (χ1v) is 4.55. The van der Waals surface area contributed by atoms with E-state index >= 15 is 0 Å². The monoisotopic (exact) mass is 188 g/mol. The summed E-state index contributed by atoms with van der Waals surface area (Å²) in [6.45, 7) is 3.50. The number of hydrogen-bond acceptors (Lipinski definition) is 2. The summed E-state index contributed by atoms with van der Waals surface area (Å²) in [5, 5.41) is 11.0. The fourth-order valence-electron chi connectivity index (χ4n) is 0.745. The minimum absolute atomic E-state index is 0.395. The molecule has 0 aliphatic carbocycles. The maximum absolute atomic E-state index is 9.49. The average molecular weight is 189 g/mol. The van der Waals surface area contributed by atoms with Crippen LogP contribution in [0.3, 0.4) is 0 Å². The number of halogens is 1. The van der Waals surface area contributed by atoms with Crippen molar-refractivity contribution in [1.29, 1.82) is 0 Å². The zero-order chi connectivity index (χ0) is 8.27. The molecule has 0 radical (unpaired) electrons. The number of thiophene rings is 1. The van der Waals surface area contributed by atoms with Gasteiger partial charge in [-0.3, -0.25) is 0 Å². The molecule has 0 saturated carbocycles. The highest BCUT2D eigenvalue weighted by atomic mass is 35.5. The van der Waals surface area contributed by atoms with Crippen molar-refractivity contribution in [3.05, 3.63) is 35.0 Å². The fraction of sp³-hybridized carbons (Fsp3) is 0.250. The second-order valence-corrected chi connectivity index (χ2v) is 3.62. The molecule has 0 unspecified atom stereocenters. The molecular formula is C8H9ClOS. The maximum Gasteiger partial charge on any atom is 0.108 e. The van der Waals surface area contributed by atoms with Gasteiger partial charge in [0.15, 0.2) is 0 Å². The van der Waals surface area contributed by atoms with Crippen molar-refractivity contribution < 1.29 is 5.11 Å². The Morgan fingerprint density at radius 1 is 1.73 bits per heavy atom. The third-order valence-corrected chi connectivity index (χ3v) is 2.72. The van der Waals surface area contributed by atoms with Gasteiger partial charge in [0.25, 0.3) is 0 Å². The van der Waals surface area contributed by atoms with Gasteiger partial charge in [0.2, 0.25) is 0 Å². The highest BCUT2D eigenvalue weighted by Gasteiger charge is 2.15. The van der Waals surface area contributed by atoms with Crippen LogP contribution in [0, 0.1) is 0 Å².